The molecule has 2 aromatic carbocycles. The van der Waals surface area contributed by atoms with E-state index in [1.54, 1.807) is 18.2 Å². The van der Waals surface area contributed by atoms with Crippen LogP contribution < -0.4 is 5.56 Å². The molecule has 36 heavy (non-hydrogen) atoms. The number of ketones is 1. The SMILES string of the molecule is CC(=O)c1cccc(Cn2nnc3c(=O)[nH]c(C4CCN(S(=O)(=O)c5ccccc5F)CC4)nc32)c1. The molecule has 0 spiro atoms. The lowest BCUT2D eigenvalue weighted by molar-refractivity contribution is 0.101. The van der Waals surface area contributed by atoms with Crippen LogP contribution >= 0.6 is 0 Å². The molecule has 5 rings (SSSR count). The number of benzene rings is 2. The molecule has 1 fully saturated rings. The maximum Gasteiger partial charge on any atom is 0.281 e. The van der Waals surface area contributed by atoms with Crippen molar-refractivity contribution >= 4 is 27.0 Å². The van der Waals surface area contributed by atoms with Crippen molar-refractivity contribution in [2.45, 2.75) is 37.1 Å². The molecule has 0 atom stereocenters. The van der Waals surface area contributed by atoms with Crippen LogP contribution in [0.5, 0.6) is 0 Å². The van der Waals surface area contributed by atoms with Gasteiger partial charge in [-0.05, 0) is 43.5 Å². The molecule has 10 nitrogen and oxygen atoms in total. The third-order valence-corrected chi connectivity index (χ3v) is 8.28. The maximum absolute atomic E-state index is 14.1. The summed E-state index contributed by atoms with van der Waals surface area (Å²) in [5.74, 6) is -0.610. The number of aromatic nitrogens is 5. The summed E-state index contributed by atoms with van der Waals surface area (Å²) in [7, 11) is -3.97. The van der Waals surface area contributed by atoms with Gasteiger partial charge in [0.15, 0.2) is 16.9 Å². The lowest BCUT2D eigenvalue weighted by Crippen LogP contribution is -2.38. The highest BCUT2D eigenvalue weighted by molar-refractivity contribution is 7.89. The number of piperidine rings is 1. The number of H-pyrrole nitrogens is 1. The van der Waals surface area contributed by atoms with E-state index in [4.69, 9.17) is 0 Å². The van der Waals surface area contributed by atoms with Gasteiger partial charge >= 0.3 is 0 Å². The van der Waals surface area contributed by atoms with Crippen molar-refractivity contribution < 1.29 is 17.6 Å². The summed E-state index contributed by atoms with van der Waals surface area (Å²) in [6.07, 6.45) is 0.814. The van der Waals surface area contributed by atoms with E-state index in [9.17, 15) is 22.4 Å². The number of halogens is 1. The molecule has 12 heteroatoms. The predicted molar refractivity (Wildman–Crippen MR) is 129 cm³/mol. The average Bonchev–Trinajstić information content (AvgIpc) is 3.27. The summed E-state index contributed by atoms with van der Waals surface area (Å²) in [6.45, 7) is 2.09. The number of nitrogens with one attached hydrogen (secondary N) is 1. The number of aromatic amines is 1. The molecular formula is C24H23FN6O4S. The Bertz CT molecular complexity index is 1620. The minimum atomic E-state index is -3.97. The van der Waals surface area contributed by atoms with Crippen molar-refractivity contribution in [3.8, 4) is 0 Å². The minimum absolute atomic E-state index is 0.0551. The number of hydrogen-bond donors (Lipinski definition) is 1. The van der Waals surface area contributed by atoms with Crippen LogP contribution in [0, 0.1) is 5.82 Å². The molecule has 0 saturated carbocycles. The third kappa shape index (κ3) is 4.44. The van der Waals surface area contributed by atoms with E-state index in [-0.39, 0.29) is 41.7 Å². The van der Waals surface area contributed by atoms with Crippen molar-refractivity contribution in [1.29, 1.82) is 0 Å². The quantitative estimate of drug-likeness (QED) is 0.394. The van der Waals surface area contributed by atoms with E-state index < -0.39 is 21.4 Å². The second kappa shape index (κ2) is 9.36. The van der Waals surface area contributed by atoms with E-state index in [1.165, 1.54) is 34.1 Å². The van der Waals surface area contributed by atoms with E-state index >= 15 is 0 Å². The number of hydrogen-bond acceptors (Lipinski definition) is 7. The summed E-state index contributed by atoms with van der Waals surface area (Å²) >= 11 is 0. The molecule has 1 aliphatic rings. The molecule has 0 aliphatic carbocycles. The van der Waals surface area contributed by atoms with Crippen LogP contribution in [0.25, 0.3) is 11.2 Å². The van der Waals surface area contributed by atoms with Crippen molar-refractivity contribution in [2.75, 3.05) is 13.1 Å². The first kappa shape index (κ1) is 23.9. The molecule has 0 bridgehead atoms. The molecule has 1 saturated heterocycles. The molecular weight excluding hydrogens is 487 g/mol. The van der Waals surface area contributed by atoms with E-state index in [0.717, 1.165) is 11.6 Å². The molecule has 2 aromatic heterocycles. The third-order valence-electron chi connectivity index (χ3n) is 6.35. The standard InChI is InChI=1S/C24H23FN6O4S/c1-15(32)18-6-4-5-16(13-18)14-31-23-21(28-29-31)24(33)27-22(26-23)17-9-11-30(12-10-17)36(34,35)20-8-3-2-7-19(20)25/h2-8,13,17H,9-12,14H2,1H3,(H,26,27,33). The molecule has 186 valence electrons. The van der Waals surface area contributed by atoms with E-state index in [0.29, 0.717) is 29.9 Å². The van der Waals surface area contributed by atoms with Crippen LogP contribution in [-0.2, 0) is 16.6 Å². The Morgan fingerprint density at radius 1 is 1.14 bits per heavy atom. The normalized spacial score (nSPS) is 15.4. The smallest absolute Gasteiger partial charge is 0.281 e. The zero-order chi connectivity index (χ0) is 25.4. The summed E-state index contributed by atoms with van der Waals surface area (Å²) in [6, 6.07) is 12.4. The molecule has 0 amide bonds. The first-order valence-electron chi connectivity index (χ1n) is 11.4. The first-order valence-corrected chi connectivity index (χ1v) is 12.9. The van der Waals surface area contributed by atoms with Crippen LogP contribution in [0.4, 0.5) is 4.39 Å². The number of carbonyl (C=O) groups excluding carboxylic acids is 1. The molecule has 1 N–H and O–H groups in total. The minimum Gasteiger partial charge on any atom is -0.308 e. The highest BCUT2D eigenvalue weighted by Crippen LogP contribution is 2.29. The largest absolute Gasteiger partial charge is 0.308 e. The Kier molecular flexibility index (Phi) is 6.22. The highest BCUT2D eigenvalue weighted by Gasteiger charge is 2.32. The van der Waals surface area contributed by atoms with Crippen molar-refractivity contribution in [3.05, 3.63) is 81.7 Å². The molecule has 4 aromatic rings. The fourth-order valence-corrected chi connectivity index (χ4v) is 5.94. The van der Waals surface area contributed by atoms with Crippen molar-refractivity contribution in [2.24, 2.45) is 0 Å². The average molecular weight is 511 g/mol. The van der Waals surface area contributed by atoms with Crippen LogP contribution in [0.3, 0.4) is 0 Å². The van der Waals surface area contributed by atoms with Gasteiger partial charge in [0, 0.05) is 24.6 Å². The highest BCUT2D eigenvalue weighted by atomic mass is 32.2. The molecule has 0 radical (unpaired) electrons. The summed E-state index contributed by atoms with van der Waals surface area (Å²) < 4.78 is 42.7. The lowest BCUT2D eigenvalue weighted by atomic mass is 9.97. The van der Waals surface area contributed by atoms with Crippen molar-refractivity contribution in [1.82, 2.24) is 29.3 Å². The van der Waals surface area contributed by atoms with Gasteiger partial charge in [-0.15, -0.1) is 5.10 Å². The van der Waals surface area contributed by atoms with Gasteiger partial charge in [-0.1, -0.05) is 35.5 Å². The van der Waals surface area contributed by atoms with Gasteiger partial charge in [-0.2, -0.15) is 4.31 Å². The topological polar surface area (TPSA) is 131 Å². The van der Waals surface area contributed by atoms with E-state index in [1.807, 2.05) is 6.07 Å². The first-order chi connectivity index (χ1) is 17.2. The van der Waals surface area contributed by atoms with Gasteiger partial charge < -0.3 is 4.98 Å². The number of Topliss-reactive ketones (excluding diaryl/α,β-unsaturated/α-hetero) is 1. The Balaban J connectivity index is 1.38. The number of rotatable bonds is 6. The molecule has 1 aliphatic heterocycles. The Hall–Kier alpha value is -3.77. The zero-order valence-electron chi connectivity index (χ0n) is 19.4. The summed E-state index contributed by atoms with van der Waals surface area (Å²) in [4.78, 5) is 31.4. The molecule has 0 unspecified atom stereocenters. The Morgan fingerprint density at radius 2 is 1.89 bits per heavy atom. The summed E-state index contributed by atoms with van der Waals surface area (Å²) in [5, 5.41) is 8.04. The number of fused-ring (bicyclic) bond motifs is 1. The number of nitrogens with zero attached hydrogens (tertiary/aromatic N) is 5. The second-order valence-electron chi connectivity index (χ2n) is 8.74. The molecule has 3 heterocycles. The monoisotopic (exact) mass is 510 g/mol. The zero-order valence-corrected chi connectivity index (χ0v) is 20.2. The predicted octanol–water partition coefficient (Wildman–Crippen LogP) is 2.47. The number of sulfonamides is 1. The Morgan fingerprint density at radius 3 is 2.61 bits per heavy atom. The van der Waals surface area contributed by atoms with Crippen molar-refractivity contribution in [3.63, 3.8) is 0 Å². The Labute approximate surface area is 205 Å². The van der Waals surface area contributed by atoms with Crippen LogP contribution in [-0.4, -0.2) is 56.6 Å². The van der Waals surface area contributed by atoms with Gasteiger partial charge in [0.25, 0.3) is 5.56 Å². The van der Waals surface area contributed by atoms with Gasteiger partial charge in [-0.3, -0.25) is 9.59 Å². The fraction of sp³-hybridized carbons (Fsp3) is 0.292. The van der Waals surface area contributed by atoms with E-state index in [2.05, 4.69) is 20.3 Å². The lowest BCUT2D eigenvalue weighted by Gasteiger charge is -2.30. The van der Waals surface area contributed by atoms with Gasteiger partial charge in [-0.25, -0.2) is 22.5 Å². The van der Waals surface area contributed by atoms with Gasteiger partial charge in [0.2, 0.25) is 10.0 Å². The maximum atomic E-state index is 14.1. The number of carbonyl (C=O) groups is 1. The summed E-state index contributed by atoms with van der Waals surface area (Å²) in [5.41, 5.74) is 1.36. The van der Waals surface area contributed by atoms with Crippen LogP contribution in [0.15, 0.2) is 58.2 Å². The van der Waals surface area contributed by atoms with Crippen LogP contribution in [0.2, 0.25) is 0 Å². The fourth-order valence-electron chi connectivity index (χ4n) is 4.41. The van der Waals surface area contributed by atoms with Crippen LogP contribution in [0.1, 0.15) is 47.4 Å². The second-order valence-corrected chi connectivity index (χ2v) is 10.6. The van der Waals surface area contributed by atoms with Gasteiger partial charge in [0.05, 0.1) is 6.54 Å². The van der Waals surface area contributed by atoms with Gasteiger partial charge in [0.1, 0.15) is 16.5 Å².